The molecule has 0 aliphatic carbocycles. The Bertz CT molecular complexity index is 599. The van der Waals surface area contributed by atoms with Crippen molar-refractivity contribution in [3.8, 4) is 11.8 Å². The highest BCUT2D eigenvalue weighted by Crippen LogP contribution is 2.14. The van der Waals surface area contributed by atoms with Crippen LogP contribution < -0.4 is 0 Å². The van der Waals surface area contributed by atoms with Crippen LogP contribution in [0, 0.1) is 11.8 Å². The number of hydrogen-bond donors (Lipinski definition) is 0. The number of esters is 2. The molecule has 0 spiro atoms. The summed E-state index contributed by atoms with van der Waals surface area (Å²) < 4.78 is 9.23. The first kappa shape index (κ1) is 17.5. The molecule has 1 aromatic rings. The molecular formula is C18H20O4. The Morgan fingerprint density at radius 3 is 2.36 bits per heavy atom. The maximum atomic E-state index is 11.7. The molecule has 0 amide bonds. The maximum absolute atomic E-state index is 11.7. The number of ether oxygens (including phenoxy) is 2. The van der Waals surface area contributed by atoms with Gasteiger partial charge in [0, 0.05) is 12.0 Å². The number of hydrogen-bond acceptors (Lipinski definition) is 4. The second-order valence-corrected chi connectivity index (χ2v) is 4.53. The Kier molecular flexibility index (Phi) is 7.49. The van der Waals surface area contributed by atoms with Gasteiger partial charge < -0.3 is 9.47 Å². The monoisotopic (exact) mass is 300 g/mol. The average Bonchev–Trinajstić information content (AvgIpc) is 2.56. The van der Waals surface area contributed by atoms with Crippen LogP contribution >= 0.6 is 0 Å². The molecule has 0 saturated carbocycles. The molecule has 0 aliphatic rings. The first-order valence-electron chi connectivity index (χ1n) is 7.10. The van der Waals surface area contributed by atoms with Crippen LogP contribution in [0.1, 0.15) is 37.3 Å². The van der Waals surface area contributed by atoms with Gasteiger partial charge in [-0.2, -0.15) is 0 Å². The van der Waals surface area contributed by atoms with Crippen LogP contribution in [-0.2, 0) is 19.1 Å². The van der Waals surface area contributed by atoms with E-state index in [1.165, 1.54) is 20.3 Å². The van der Waals surface area contributed by atoms with E-state index >= 15 is 0 Å². The van der Waals surface area contributed by atoms with Crippen LogP contribution in [0.4, 0.5) is 0 Å². The number of unbranched alkanes of at least 4 members (excludes halogenated alkanes) is 2. The van der Waals surface area contributed by atoms with E-state index in [0.29, 0.717) is 5.56 Å². The van der Waals surface area contributed by atoms with Crippen molar-refractivity contribution < 1.29 is 19.1 Å². The topological polar surface area (TPSA) is 52.6 Å². The fourth-order valence-corrected chi connectivity index (χ4v) is 1.74. The first-order valence-corrected chi connectivity index (χ1v) is 7.10. The second-order valence-electron chi connectivity index (χ2n) is 4.53. The minimum absolute atomic E-state index is 0.159. The lowest BCUT2D eigenvalue weighted by molar-refractivity contribution is -0.143. The van der Waals surface area contributed by atoms with Crippen molar-refractivity contribution in [2.75, 3.05) is 14.2 Å². The van der Waals surface area contributed by atoms with Crippen LogP contribution in [0.25, 0.3) is 6.08 Å². The molecule has 4 nitrogen and oxygen atoms in total. The van der Waals surface area contributed by atoms with Crippen LogP contribution in [-0.4, -0.2) is 26.2 Å². The number of rotatable bonds is 5. The fraction of sp³-hybridized carbons (Fsp3) is 0.333. The van der Waals surface area contributed by atoms with Crippen LogP contribution in [0.3, 0.4) is 0 Å². The van der Waals surface area contributed by atoms with E-state index in [2.05, 4.69) is 28.2 Å². The summed E-state index contributed by atoms with van der Waals surface area (Å²) in [6, 6.07) is 7.30. The van der Waals surface area contributed by atoms with E-state index in [1.54, 1.807) is 6.07 Å². The summed E-state index contributed by atoms with van der Waals surface area (Å²) in [5.41, 5.74) is 1.27. The molecule has 0 bridgehead atoms. The minimum Gasteiger partial charge on any atom is -0.465 e. The van der Waals surface area contributed by atoms with Crippen molar-refractivity contribution in [1.29, 1.82) is 0 Å². The predicted molar refractivity (Wildman–Crippen MR) is 84.9 cm³/mol. The highest BCUT2D eigenvalue weighted by molar-refractivity contribution is 6.17. The molecule has 0 aromatic heterocycles. The number of carbonyl (C=O) groups excluding carboxylic acids is 2. The van der Waals surface area contributed by atoms with Gasteiger partial charge in [-0.25, -0.2) is 9.59 Å². The smallest absolute Gasteiger partial charge is 0.345 e. The quantitative estimate of drug-likeness (QED) is 0.209. The van der Waals surface area contributed by atoms with E-state index < -0.39 is 11.9 Å². The lowest BCUT2D eigenvalue weighted by atomic mass is 10.0. The molecule has 0 N–H and O–H groups in total. The molecular weight excluding hydrogens is 280 g/mol. The Morgan fingerprint density at radius 2 is 1.77 bits per heavy atom. The zero-order valence-corrected chi connectivity index (χ0v) is 13.1. The molecule has 1 aromatic carbocycles. The Labute approximate surface area is 131 Å². The zero-order valence-electron chi connectivity index (χ0n) is 13.1. The third-order valence-corrected chi connectivity index (χ3v) is 2.95. The van der Waals surface area contributed by atoms with Gasteiger partial charge in [-0.05, 0) is 24.1 Å². The van der Waals surface area contributed by atoms with Crippen molar-refractivity contribution in [3.63, 3.8) is 0 Å². The molecule has 0 radical (unpaired) electrons. The molecule has 1 rings (SSSR count). The van der Waals surface area contributed by atoms with E-state index in [1.807, 2.05) is 18.2 Å². The molecule has 0 atom stereocenters. The summed E-state index contributed by atoms with van der Waals surface area (Å²) in [5.74, 6) is 4.69. The Balaban J connectivity index is 3.17. The summed E-state index contributed by atoms with van der Waals surface area (Å²) >= 11 is 0. The molecule has 4 heteroatoms. The number of carbonyl (C=O) groups is 2. The van der Waals surface area contributed by atoms with Crippen molar-refractivity contribution >= 4 is 18.0 Å². The van der Waals surface area contributed by atoms with Crippen molar-refractivity contribution in [1.82, 2.24) is 0 Å². The van der Waals surface area contributed by atoms with E-state index in [4.69, 9.17) is 0 Å². The number of benzene rings is 1. The third-order valence-electron chi connectivity index (χ3n) is 2.95. The highest BCUT2D eigenvalue weighted by Gasteiger charge is 2.20. The van der Waals surface area contributed by atoms with Crippen LogP contribution in [0.2, 0.25) is 0 Å². The van der Waals surface area contributed by atoms with Gasteiger partial charge in [0.2, 0.25) is 0 Å². The molecule has 22 heavy (non-hydrogen) atoms. The summed E-state index contributed by atoms with van der Waals surface area (Å²) in [7, 11) is 2.44. The standard InChI is InChI=1S/C18H20O4/c1-4-5-6-7-10-14-11-8-9-12-15(14)13-16(17(19)21-2)18(20)22-3/h8-9,11-13H,4-6H2,1-3H3. The van der Waals surface area contributed by atoms with Gasteiger partial charge in [0.15, 0.2) is 0 Å². The second kappa shape index (κ2) is 9.41. The molecule has 0 saturated heterocycles. The summed E-state index contributed by atoms with van der Waals surface area (Å²) in [6.07, 6.45) is 4.39. The van der Waals surface area contributed by atoms with Gasteiger partial charge in [0.05, 0.1) is 14.2 Å². The molecule has 0 fully saturated rings. The molecule has 0 heterocycles. The Hall–Kier alpha value is -2.54. The fourth-order valence-electron chi connectivity index (χ4n) is 1.74. The van der Waals surface area contributed by atoms with Crippen molar-refractivity contribution in [3.05, 3.63) is 41.0 Å². The van der Waals surface area contributed by atoms with E-state index in [0.717, 1.165) is 24.8 Å². The van der Waals surface area contributed by atoms with E-state index in [-0.39, 0.29) is 5.57 Å². The molecule has 0 unspecified atom stereocenters. The normalized spacial score (nSPS) is 9.23. The highest BCUT2D eigenvalue weighted by atomic mass is 16.5. The zero-order chi connectivity index (χ0) is 16.4. The lowest BCUT2D eigenvalue weighted by Crippen LogP contribution is -2.15. The minimum atomic E-state index is -0.736. The first-order chi connectivity index (χ1) is 10.6. The van der Waals surface area contributed by atoms with Gasteiger partial charge in [0.1, 0.15) is 5.57 Å². The van der Waals surface area contributed by atoms with E-state index in [9.17, 15) is 9.59 Å². The lowest BCUT2D eigenvalue weighted by Gasteiger charge is -2.04. The summed E-state index contributed by atoms with van der Waals surface area (Å²) in [6.45, 7) is 2.11. The largest absolute Gasteiger partial charge is 0.465 e. The van der Waals surface area contributed by atoms with Gasteiger partial charge >= 0.3 is 11.9 Å². The van der Waals surface area contributed by atoms with Crippen LogP contribution in [0.15, 0.2) is 29.8 Å². The third kappa shape index (κ3) is 5.10. The molecule has 0 aliphatic heterocycles. The van der Waals surface area contributed by atoms with Crippen LogP contribution in [0.5, 0.6) is 0 Å². The van der Waals surface area contributed by atoms with Gasteiger partial charge in [-0.15, -0.1) is 0 Å². The predicted octanol–water partition coefficient (Wildman–Crippen LogP) is 2.96. The van der Waals surface area contributed by atoms with Gasteiger partial charge in [-0.1, -0.05) is 43.4 Å². The maximum Gasteiger partial charge on any atom is 0.345 e. The summed E-state index contributed by atoms with van der Waals surface area (Å²) in [5, 5.41) is 0. The summed E-state index contributed by atoms with van der Waals surface area (Å²) in [4.78, 5) is 23.4. The molecule has 116 valence electrons. The van der Waals surface area contributed by atoms with Gasteiger partial charge in [0.25, 0.3) is 0 Å². The van der Waals surface area contributed by atoms with Crippen molar-refractivity contribution in [2.45, 2.75) is 26.2 Å². The Morgan fingerprint density at radius 1 is 1.14 bits per heavy atom. The van der Waals surface area contributed by atoms with Gasteiger partial charge in [-0.3, -0.25) is 0 Å². The van der Waals surface area contributed by atoms with Crippen molar-refractivity contribution in [2.24, 2.45) is 0 Å². The number of methoxy groups -OCH3 is 2. The SMILES string of the molecule is CCCCC#Cc1ccccc1C=C(C(=O)OC)C(=O)OC. The average molecular weight is 300 g/mol.